The van der Waals surface area contributed by atoms with E-state index < -0.39 is 36.0 Å². The molecule has 0 amide bonds. The zero-order valence-electron chi connectivity index (χ0n) is 25.4. The van der Waals surface area contributed by atoms with Crippen LogP contribution in [0.1, 0.15) is 78.1 Å². The standard InChI is InChI=1S/C34H36N4O6.Fe/c1-7-20-17(3)23-13-27-21(8-2)18(4)25(37-27)15-29-33(6,43)34(44,12-11-32(41)42)30(38-29)16-28-22(9-10-31(39)40)19(5)24(36-28)14-26(20)35-23;/h7-8,13-16,43-44H,1-2,9-12H2,3-6H3,(H4,35,36,37,38,39,40,41,42);/q;+2/p-4/t33-,34-;/m1./s1. The Kier molecular flexibility index (Phi) is 9.15. The van der Waals surface area contributed by atoms with E-state index in [0.717, 1.165) is 22.3 Å². The molecular formula is C34H32FeN4O6-2. The Bertz CT molecular complexity index is 1950. The van der Waals surface area contributed by atoms with Crippen molar-refractivity contribution in [1.29, 1.82) is 0 Å². The summed E-state index contributed by atoms with van der Waals surface area (Å²) in [6.45, 7) is 14.9. The van der Waals surface area contributed by atoms with Gasteiger partial charge in [0, 0.05) is 17.5 Å². The minimum Gasteiger partial charge on any atom is -0.657 e. The molecule has 0 spiro atoms. The van der Waals surface area contributed by atoms with Gasteiger partial charge in [-0.1, -0.05) is 66.3 Å². The molecule has 0 saturated carbocycles. The number of aliphatic hydroxyl groups is 2. The molecule has 0 aliphatic carbocycles. The van der Waals surface area contributed by atoms with Crippen molar-refractivity contribution >= 4 is 51.2 Å². The summed E-state index contributed by atoms with van der Waals surface area (Å²) in [5, 5.41) is 46.7. The van der Waals surface area contributed by atoms with Gasteiger partial charge in [0.25, 0.3) is 0 Å². The molecule has 8 bridgehead atoms. The molecule has 3 aromatic heterocycles. The van der Waals surface area contributed by atoms with Crippen molar-refractivity contribution in [2.45, 2.75) is 64.6 Å². The van der Waals surface area contributed by atoms with Gasteiger partial charge in [-0.05, 0) is 64.5 Å². The molecule has 5 heterocycles. The quantitative estimate of drug-likeness (QED) is 0.345. The van der Waals surface area contributed by atoms with Gasteiger partial charge < -0.3 is 40.0 Å². The van der Waals surface area contributed by atoms with Crippen molar-refractivity contribution in [1.82, 2.24) is 19.9 Å². The van der Waals surface area contributed by atoms with Crippen LogP contribution in [0.2, 0.25) is 0 Å². The minimum absolute atomic E-state index is 0. The van der Waals surface area contributed by atoms with Crippen molar-refractivity contribution in [3.05, 3.63) is 88.5 Å². The van der Waals surface area contributed by atoms with E-state index in [0.29, 0.717) is 44.6 Å². The average Bonchev–Trinajstić information content (AvgIpc) is 3.58. The van der Waals surface area contributed by atoms with Crippen LogP contribution >= 0.6 is 0 Å². The molecule has 2 N–H and O–H groups in total. The van der Waals surface area contributed by atoms with Crippen LogP contribution < -0.4 is 20.2 Å². The van der Waals surface area contributed by atoms with E-state index >= 15 is 0 Å². The zero-order chi connectivity index (χ0) is 32.1. The molecule has 0 saturated heterocycles. The maximum absolute atomic E-state index is 12.0. The average molecular weight is 648 g/mol. The van der Waals surface area contributed by atoms with Gasteiger partial charge in [-0.2, -0.15) is 0 Å². The Morgan fingerprint density at radius 3 is 2.07 bits per heavy atom. The fourth-order valence-electron chi connectivity index (χ4n) is 5.94. The Morgan fingerprint density at radius 2 is 1.44 bits per heavy atom. The van der Waals surface area contributed by atoms with Crippen LogP contribution in [0.4, 0.5) is 0 Å². The number of fused-ring (bicyclic) bond motifs is 8. The van der Waals surface area contributed by atoms with Gasteiger partial charge in [0.05, 0.1) is 22.8 Å². The van der Waals surface area contributed by atoms with Crippen LogP contribution in [0.3, 0.4) is 0 Å². The number of carbonyl (C=O) groups excluding carboxylic acids is 2. The third-order valence-electron chi connectivity index (χ3n) is 8.74. The van der Waals surface area contributed by atoms with Gasteiger partial charge in [-0.25, -0.2) is 4.98 Å². The summed E-state index contributed by atoms with van der Waals surface area (Å²) in [6.07, 6.45) is 2.23. The molecular weight excluding hydrogens is 616 g/mol. The summed E-state index contributed by atoms with van der Waals surface area (Å²) in [7, 11) is 0. The number of carboxylic acid groups (broad SMARTS) is 2. The number of aromatic nitrogens is 4. The minimum atomic E-state index is -2.15. The van der Waals surface area contributed by atoms with Crippen molar-refractivity contribution in [3.8, 4) is 0 Å². The van der Waals surface area contributed by atoms with Crippen molar-refractivity contribution < 1.29 is 47.1 Å². The molecule has 2 aliphatic rings. The maximum atomic E-state index is 12.0. The Morgan fingerprint density at radius 1 is 0.844 bits per heavy atom. The zero-order valence-corrected chi connectivity index (χ0v) is 26.5. The normalized spacial score (nSPS) is 19.2. The SMILES string of the molecule is C=CC1=C(C)c2cc3[n-]c(cc4nc(cc5[n-]c(cc1n2)c(C)c5CCC(=O)[O-])[C@](O)(CCC(=O)[O-])[C@]4(C)O)c(C)c3C=C.[Fe+2]. The Balaban J connectivity index is 0.00000461. The number of rotatable bonds is 8. The first-order valence-corrected chi connectivity index (χ1v) is 14.2. The van der Waals surface area contributed by atoms with E-state index in [1.807, 2.05) is 19.9 Å². The van der Waals surface area contributed by atoms with Crippen LogP contribution in [-0.2, 0) is 44.3 Å². The summed E-state index contributed by atoms with van der Waals surface area (Å²) < 4.78 is 0. The van der Waals surface area contributed by atoms with Crippen LogP contribution in [0, 0.1) is 13.8 Å². The fourth-order valence-corrected chi connectivity index (χ4v) is 5.94. The number of aliphatic carboxylic acids is 2. The molecule has 0 fully saturated rings. The molecule has 2 atom stereocenters. The number of hydrogen-bond acceptors (Lipinski definition) is 8. The Labute approximate surface area is 270 Å². The summed E-state index contributed by atoms with van der Waals surface area (Å²) in [5.74, 6) is -2.65. The van der Waals surface area contributed by atoms with Crippen LogP contribution in [0.5, 0.6) is 0 Å². The van der Waals surface area contributed by atoms with E-state index in [2.05, 4.69) is 18.1 Å². The predicted octanol–water partition coefficient (Wildman–Crippen LogP) is 2.25. The first-order chi connectivity index (χ1) is 20.7. The van der Waals surface area contributed by atoms with Crippen LogP contribution in [0.15, 0.2) is 43.5 Å². The molecule has 2 aliphatic heterocycles. The van der Waals surface area contributed by atoms with E-state index in [9.17, 15) is 30.0 Å². The number of carboxylic acids is 2. The second kappa shape index (κ2) is 12.3. The molecule has 3 aromatic rings. The molecule has 0 aromatic carbocycles. The first-order valence-electron chi connectivity index (χ1n) is 14.2. The number of aryl methyl sites for hydroxylation is 3. The first kappa shape index (κ1) is 33.6. The van der Waals surface area contributed by atoms with E-state index in [4.69, 9.17) is 15.0 Å². The predicted molar refractivity (Wildman–Crippen MR) is 162 cm³/mol. The van der Waals surface area contributed by atoms with E-state index in [1.54, 1.807) is 31.2 Å². The Hall–Kier alpha value is -4.28. The van der Waals surface area contributed by atoms with E-state index in [1.165, 1.54) is 13.0 Å². The second-order valence-electron chi connectivity index (χ2n) is 11.4. The molecule has 0 unspecified atom stereocenters. The van der Waals surface area contributed by atoms with Crippen molar-refractivity contribution in [2.24, 2.45) is 0 Å². The van der Waals surface area contributed by atoms with Crippen LogP contribution in [-0.4, -0.2) is 32.1 Å². The second-order valence-corrected chi connectivity index (χ2v) is 11.4. The summed E-state index contributed by atoms with van der Waals surface area (Å²) in [6, 6.07) is 6.65. The summed E-state index contributed by atoms with van der Waals surface area (Å²) in [4.78, 5) is 41.9. The van der Waals surface area contributed by atoms with Gasteiger partial charge in [0.2, 0.25) is 0 Å². The third-order valence-corrected chi connectivity index (χ3v) is 8.74. The molecule has 5 rings (SSSR count). The monoisotopic (exact) mass is 648 g/mol. The van der Waals surface area contributed by atoms with Gasteiger partial charge in [-0.3, -0.25) is 4.98 Å². The largest absolute Gasteiger partial charge is 2.00 e. The van der Waals surface area contributed by atoms with Crippen molar-refractivity contribution in [2.75, 3.05) is 0 Å². The van der Waals surface area contributed by atoms with Gasteiger partial charge in [0.15, 0.2) is 0 Å². The topological polar surface area (TPSA) is 175 Å². The summed E-state index contributed by atoms with van der Waals surface area (Å²) in [5.41, 5.74) is 3.46. The van der Waals surface area contributed by atoms with Gasteiger partial charge in [-0.15, -0.1) is 22.1 Å². The van der Waals surface area contributed by atoms with Crippen molar-refractivity contribution in [3.63, 3.8) is 0 Å². The number of hydrogen-bond donors (Lipinski definition) is 2. The molecule has 234 valence electrons. The van der Waals surface area contributed by atoms with Gasteiger partial charge in [0.1, 0.15) is 11.2 Å². The molecule has 0 radical (unpaired) electrons. The maximum Gasteiger partial charge on any atom is 2.00 e. The number of allylic oxidation sites excluding steroid dienone is 3. The third kappa shape index (κ3) is 5.68. The molecule has 45 heavy (non-hydrogen) atoms. The van der Waals surface area contributed by atoms with E-state index in [-0.39, 0.29) is 41.3 Å². The number of nitrogens with zero attached hydrogens (tertiary/aromatic N) is 4. The fraction of sp³-hybridized carbons (Fsp3) is 0.294. The number of carbonyl (C=O) groups is 2. The molecule has 10 nitrogen and oxygen atoms in total. The van der Waals surface area contributed by atoms with Crippen LogP contribution in [0.25, 0.3) is 39.3 Å². The van der Waals surface area contributed by atoms with Gasteiger partial charge >= 0.3 is 17.1 Å². The molecule has 11 heteroatoms. The summed E-state index contributed by atoms with van der Waals surface area (Å²) >= 11 is 0. The smallest absolute Gasteiger partial charge is 0.657 e.